The van der Waals surface area contributed by atoms with Crippen LogP contribution >= 0.6 is 0 Å². The van der Waals surface area contributed by atoms with E-state index in [0.717, 1.165) is 109 Å². The Kier molecular flexibility index (Phi) is 48.3. The molecular formula is C66H107NO10. The van der Waals surface area contributed by atoms with E-state index in [-0.39, 0.29) is 19.4 Å². The SMILES string of the molecule is CC/C=C\C/C=C\C/C=C\C/C=C\C/C=C\CCCCCC(=O)OC1C(OCC(NC(=O)C(O)CC/C=C\C/C=C\C/C=C\C/C=C\C/C=C\CC)C(O)/C=C/CCCCCCCCCCCCC)OC(CO)C(O)C1O. The van der Waals surface area contributed by atoms with Gasteiger partial charge in [0.15, 0.2) is 12.4 Å². The number of carbonyl (C=O) groups excluding carboxylic acids is 2. The Morgan fingerprint density at radius 3 is 1.40 bits per heavy atom. The Bertz CT molecular complexity index is 1760. The minimum absolute atomic E-state index is 0.0694. The van der Waals surface area contributed by atoms with Crippen LogP contribution in [-0.4, -0.2) is 99.6 Å². The number of aliphatic hydroxyl groups excluding tert-OH is 5. The highest BCUT2D eigenvalue weighted by molar-refractivity contribution is 5.80. The van der Waals surface area contributed by atoms with Crippen LogP contribution in [0.15, 0.2) is 134 Å². The lowest BCUT2D eigenvalue weighted by Crippen LogP contribution is -2.61. The lowest BCUT2D eigenvalue weighted by molar-refractivity contribution is -0.305. The summed E-state index contributed by atoms with van der Waals surface area (Å²) in [6.07, 6.45) is 63.5. The van der Waals surface area contributed by atoms with Crippen molar-refractivity contribution in [2.45, 2.75) is 256 Å². The molecule has 1 aliphatic heterocycles. The number of aliphatic hydroxyl groups is 5. The van der Waals surface area contributed by atoms with E-state index in [2.05, 4.69) is 135 Å². The Morgan fingerprint density at radius 1 is 0.519 bits per heavy atom. The van der Waals surface area contributed by atoms with Crippen LogP contribution in [0.1, 0.15) is 207 Å². The number of hydrogen-bond acceptors (Lipinski definition) is 10. The molecule has 0 aromatic heterocycles. The van der Waals surface area contributed by atoms with Crippen LogP contribution in [0.5, 0.6) is 0 Å². The van der Waals surface area contributed by atoms with E-state index in [1.807, 2.05) is 18.2 Å². The van der Waals surface area contributed by atoms with Crippen molar-refractivity contribution in [3.05, 3.63) is 134 Å². The number of amides is 1. The first-order valence-electron chi connectivity index (χ1n) is 30.0. The molecule has 6 N–H and O–H groups in total. The van der Waals surface area contributed by atoms with Crippen LogP contribution in [0.2, 0.25) is 0 Å². The summed E-state index contributed by atoms with van der Waals surface area (Å²) in [6, 6.07) is -1.07. The number of ether oxygens (including phenoxy) is 3. The van der Waals surface area contributed by atoms with E-state index in [0.29, 0.717) is 12.8 Å². The molecule has 0 saturated carbocycles. The molecule has 1 saturated heterocycles. The zero-order valence-corrected chi connectivity index (χ0v) is 48.0. The average molecular weight is 1070 g/mol. The van der Waals surface area contributed by atoms with Gasteiger partial charge in [-0.1, -0.05) is 225 Å². The molecule has 1 rings (SSSR count). The summed E-state index contributed by atoms with van der Waals surface area (Å²) in [5.74, 6) is -1.30. The minimum atomic E-state index is -1.65. The Hall–Kier alpha value is -4.20. The molecule has 0 aromatic carbocycles. The van der Waals surface area contributed by atoms with Gasteiger partial charge < -0.3 is 45.1 Å². The molecule has 11 heteroatoms. The normalized spacial score (nSPS) is 20.0. The van der Waals surface area contributed by atoms with Crippen molar-refractivity contribution in [1.82, 2.24) is 5.32 Å². The first-order chi connectivity index (χ1) is 37.7. The molecule has 0 bridgehead atoms. The number of unbranched alkanes of at least 4 members (excludes halogenated alkanes) is 14. The largest absolute Gasteiger partial charge is 0.454 e. The summed E-state index contributed by atoms with van der Waals surface area (Å²) >= 11 is 0. The van der Waals surface area contributed by atoms with Crippen molar-refractivity contribution in [2.75, 3.05) is 13.2 Å². The Morgan fingerprint density at radius 2 is 0.935 bits per heavy atom. The molecular weight excluding hydrogens is 967 g/mol. The van der Waals surface area contributed by atoms with Crippen LogP contribution in [-0.2, 0) is 23.8 Å². The highest BCUT2D eigenvalue weighted by atomic mass is 16.7. The fourth-order valence-electron chi connectivity index (χ4n) is 8.36. The first-order valence-corrected chi connectivity index (χ1v) is 30.0. The minimum Gasteiger partial charge on any atom is -0.454 e. The average Bonchev–Trinajstić information content (AvgIpc) is 3.43. The van der Waals surface area contributed by atoms with Gasteiger partial charge in [-0.15, -0.1) is 0 Å². The molecule has 1 amide bonds. The maximum atomic E-state index is 13.4. The Labute approximate surface area is 467 Å². The molecule has 77 heavy (non-hydrogen) atoms. The second kappa shape index (κ2) is 52.5. The quantitative estimate of drug-likeness (QED) is 0.0195. The lowest BCUT2D eigenvalue weighted by atomic mass is 9.99. The molecule has 0 spiro atoms. The molecule has 8 atom stereocenters. The van der Waals surface area contributed by atoms with Crippen molar-refractivity contribution in [1.29, 1.82) is 0 Å². The number of hydrogen-bond donors (Lipinski definition) is 6. The third-order valence-electron chi connectivity index (χ3n) is 13.1. The molecule has 0 radical (unpaired) electrons. The van der Waals surface area contributed by atoms with Crippen molar-refractivity contribution in [3.63, 3.8) is 0 Å². The fourth-order valence-corrected chi connectivity index (χ4v) is 8.36. The van der Waals surface area contributed by atoms with Gasteiger partial charge in [0.2, 0.25) is 5.91 Å². The van der Waals surface area contributed by atoms with Crippen LogP contribution in [0.25, 0.3) is 0 Å². The maximum Gasteiger partial charge on any atom is 0.306 e. The molecule has 1 aliphatic rings. The highest BCUT2D eigenvalue weighted by Gasteiger charge is 2.47. The fraction of sp³-hybridized carbons (Fsp3) is 0.636. The van der Waals surface area contributed by atoms with Gasteiger partial charge >= 0.3 is 5.97 Å². The van der Waals surface area contributed by atoms with E-state index in [4.69, 9.17) is 14.2 Å². The summed E-state index contributed by atoms with van der Waals surface area (Å²) in [6.45, 7) is 5.48. The molecule has 436 valence electrons. The van der Waals surface area contributed by atoms with E-state index in [1.54, 1.807) is 6.08 Å². The zero-order valence-electron chi connectivity index (χ0n) is 48.0. The van der Waals surface area contributed by atoms with Crippen molar-refractivity contribution < 1.29 is 49.3 Å². The van der Waals surface area contributed by atoms with Crippen molar-refractivity contribution in [3.8, 4) is 0 Å². The van der Waals surface area contributed by atoms with E-state index >= 15 is 0 Å². The smallest absolute Gasteiger partial charge is 0.306 e. The molecule has 8 unspecified atom stereocenters. The zero-order chi connectivity index (χ0) is 56.1. The van der Waals surface area contributed by atoms with Gasteiger partial charge in [0.05, 0.1) is 25.4 Å². The molecule has 0 aromatic rings. The Balaban J connectivity index is 2.79. The standard InChI is InChI=1S/C66H107NO10/c1-4-7-10-13-16-19-22-25-27-29-30-31-33-36-39-42-45-48-51-54-61(71)77-64-63(73)62(72)60(55-68)76-66(64)75-56-57(58(69)52-49-46-43-40-37-34-24-21-18-15-12-9-6-3)67-65(74)59(70)53-50-47-44-41-38-35-32-28-26-23-20-17-14-11-8-5-2/h7-8,10-11,16-17,19-20,25-28,30-31,35-36,38-39,44,47,49,52,57-60,62-64,66,68-70,72-73H,4-6,9,12-15,18,21-24,29,32-34,37,40-43,45-46,48,50-51,53-56H2,1-3H3,(H,67,74)/b10-7-,11-8-,19-16-,20-17-,27-25-,28-26-,31-30-,38-35-,39-36-,47-44-,52-49+. The summed E-state index contributed by atoms with van der Waals surface area (Å²) < 4.78 is 17.5. The van der Waals surface area contributed by atoms with Crippen LogP contribution < -0.4 is 5.32 Å². The van der Waals surface area contributed by atoms with Crippen LogP contribution in [0.3, 0.4) is 0 Å². The molecule has 11 nitrogen and oxygen atoms in total. The second-order valence-corrected chi connectivity index (χ2v) is 20.0. The third-order valence-corrected chi connectivity index (χ3v) is 13.1. The molecule has 0 aliphatic carbocycles. The number of nitrogens with one attached hydrogen (secondary N) is 1. The maximum absolute atomic E-state index is 13.4. The van der Waals surface area contributed by atoms with E-state index < -0.39 is 67.4 Å². The summed E-state index contributed by atoms with van der Waals surface area (Å²) in [5.41, 5.74) is 0. The third kappa shape index (κ3) is 40.6. The highest BCUT2D eigenvalue weighted by Crippen LogP contribution is 2.26. The number of carbonyl (C=O) groups is 2. The molecule has 1 fully saturated rings. The predicted molar refractivity (Wildman–Crippen MR) is 319 cm³/mol. The topological polar surface area (TPSA) is 175 Å². The van der Waals surface area contributed by atoms with Gasteiger partial charge in [-0.05, 0) is 109 Å². The summed E-state index contributed by atoms with van der Waals surface area (Å²) in [4.78, 5) is 26.5. The van der Waals surface area contributed by atoms with E-state index in [1.165, 1.54) is 51.4 Å². The van der Waals surface area contributed by atoms with E-state index in [9.17, 15) is 35.1 Å². The second-order valence-electron chi connectivity index (χ2n) is 20.0. The van der Waals surface area contributed by atoms with Crippen molar-refractivity contribution in [2.24, 2.45) is 0 Å². The van der Waals surface area contributed by atoms with Gasteiger partial charge in [-0.3, -0.25) is 9.59 Å². The summed E-state index contributed by atoms with van der Waals surface area (Å²) in [7, 11) is 0. The molecule has 1 heterocycles. The van der Waals surface area contributed by atoms with Gasteiger partial charge in [0, 0.05) is 6.42 Å². The number of esters is 1. The predicted octanol–water partition coefficient (Wildman–Crippen LogP) is 14.1. The van der Waals surface area contributed by atoms with Crippen molar-refractivity contribution >= 4 is 11.9 Å². The monoisotopic (exact) mass is 1070 g/mol. The first kappa shape index (κ1) is 70.8. The van der Waals surface area contributed by atoms with Gasteiger partial charge in [0.1, 0.15) is 24.4 Å². The van der Waals surface area contributed by atoms with Gasteiger partial charge in [-0.2, -0.15) is 0 Å². The number of rotatable bonds is 48. The summed E-state index contributed by atoms with van der Waals surface area (Å²) in [5, 5.41) is 56.8. The van der Waals surface area contributed by atoms with Crippen LogP contribution in [0.4, 0.5) is 0 Å². The van der Waals surface area contributed by atoms with Gasteiger partial charge in [-0.25, -0.2) is 0 Å². The lowest BCUT2D eigenvalue weighted by Gasteiger charge is -2.41. The van der Waals surface area contributed by atoms with Gasteiger partial charge in [0.25, 0.3) is 0 Å². The van der Waals surface area contributed by atoms with Crippen LogP contribution in [0, 0.1) is 0 Å². The number of allylic oxidation sites excluding steroid dienone is 21.